The number of carbonyl (C=O) groups is 2. The summed E-state index contributed by atoms with van der Waals surface area (Å²) < 4.78 is 11.0. The van der Waals surface area contributed by atoms with Crippen LogP contribution in [0.2, 0.25) is 0 Å². The zero-order valence-electron chi connectivity index (χ0n) is 14.2. The quantitative estimate of drug-likeness (QED) is 0.783. The van der Waals surface area contributed by atoms with Crippen molar-refractivity contribution in [2.75, 3.05) is 13.1 Å². The van der Waals surface area contributed by atoms with Gasteiger partial charge in [0, 0.05) is 25.4 Å². The number of nitrogens with zero attached hydrogens (tertiary/aromatic N) is 1. The number of hydrogen-bond acceptors (Lipinski definition) is 4. The average molecular weight is 319 g/mol. The summed E-state index contributed by atoms with van der Waals surface area (Å²) in [4.78, 5) is 25.9. The molecular formula is C18H25NO4. The van der Waals surface area contributed by atoms with E-state index in [0.29, 0.717) is 25.1 Å². The Morgan fingerprint density at radius 3 is 2.39 bits per heavy atom. The number of esters is 1. The molecule has 0 bridgehead atoms. The predicted octanol–water partition coefficient (Wildman–Crippen LogP) is 3.49. The lowest BCUT2D eigenvalue weighted by molar-refractivity contribution is -0.0216. The van der Waals surface area contributed by atoms with Gasteiger partial charge in [0.25, 0.3) is 0 Å². The normalized spacial score (nSPS) is 21.7. The summed E-state index contributed by atoms with van der Waals surface area (Å²) in [6, 6.07) is 8.96. The summed E-state index contributed by atoms with van der Waals surface area (Å²) in [5, 5.41) is 0. The largest absolute Gasteiger partial charge is 0.458 e. The summed E-state index contributed by atoms with van der Waals surface area (Å²) in [5.41, 5.74) is 0.0472. The lowest BCUT2D eigenvalue weighted by Crippen LogP contribution is -2.48. The van der Waals surface area contributed by atoms with Gasteiger partial charge in [0.15, 0.2) is 0 Å². The van der Waals surface area contributed by atoms with Crippen molar-refractivity contribution in [2.24, 2.45) is 5.92 Å². The maximum absolute atomic E-state index is 12.1. The summed E-state index contributed by atoms with van der Waals surface area (Å²) in [6.45, 7) is 8.60. The predicted molar refractivity (Wildman–Crippen MR) is 87.2 cm³/mol. The van der Waals surface area contributed by atoms with Crippen molar-refractivity contribution in [3.05, 3.63) is 35.9 Å². The van der Waals surface area contributed by atoms with Crippen molar-refractivity contribution < 1.29 is 19.1 Å². The second-order valence-electron chi connectivity index (χ2n) is 7.00. The molecule has 2 atom stereocenters. The van der Waals surface area contributed by atoms with E-state index in [1.54, 1.807) is 17.0 Å². The first-order valence-electron chi connectivity index (χ1n) is 8.00. The van der Waals surface area contributed by atoms with Crippen LogP contribution < -0.4 is 0 Å². The number of benzene rings is 1. The van der Waals surface area contributed by atoms with Gasteiger partial charge in [-0.25, -0.2) is 9.59 Å². The van der Waals surface area contributed by atoms with Crippen LogP contribution in [0.5, 0.6) is 0 Å². The first-order chi connectivity index (χ1) is 10.8. The molecule has 1 aromatic carbocycles. The molecule has 1 aliphatic rings. The van der Waals surface area contributed by atoms with Crippen molar-refractivity contribution in [1.29, 1.82) is 0 Å². The van der Waals surface area contributed by atoms with Gasteiger partial charge < -0.3 is 14.4 Å². The highest BCUT2D eigenvalue weighted by atomic mass is 16.6. The molecule has 5 nitrogen and oxygen atoms in total. The van der Waals surface area contributed by atoms with Crippen molar-refractivity contribution in [3.63, 3.8) is 0 Å². The zero-order chi connectivity index (χ0) is 17.0. The molecule has 0 radical (unpaired) electrons. The Bertz CT molecular complexity index is 550. The lowest BCUT2D eigenvalue weighted by Gasteiger charge is -2.37. The van der Waals surface area contributed by atoms with Gasteiger partial charge in [-0.1, -0.05) is 25.1 Å². The number of likely N-dealkylation sites (tertiary alicyclic amines) is 1. The number of carbonyl (C=O) groups excluding carboxylic acids is 2. The Balaban J connectivity index is 1.89. The Morgan fingerprint density at radius 1 is 1.17 bits per heavy atom. The van der Waals surface area contributed by atoms with E-state index in [1.807, 2.05) is 45.9 Å². The van der Waals surface area contributed by atoms with Crippen LogP contribution in [0.1, 0.15) is 44.5 Å². The molecule has 1 heterocycles. The molecule has 1 saturated heterocycles. The van der Waals surface area contributed by atoms with Gasteiger partial charge in [-0.3, -0.25) is 0 Å². The van der Waals surface area contributed by atoms with E-state index in [2.05, 4.69) is 0 Å². The average Bonchev–Trinajstić information content (AvgIpc) is 2.48. The lowest BCUT2D eigenvalue weighted by atomic mass is 9.96. The van der Waals surface area contributed by atoms with Crippen molar-refractivity contribution in [1.82, 2.24) is 4.90 Å². The first-order valence-corrected chi connectivity index (χ1v) is 8.00. The second-order valence-corrected chi connectivity index (χ2v) is 7.00. The first kappa shape index (κ1) is 17.3. The third-order valence-corrected chi connectivity index (χ3v) is 3.75. The molecular weight excluding hydrogens is 294 g/mol. The van der Waals surface area contributed by atoms with Gasteiger partial charge in [0.2, 0.25) is 0 Å². The molecule has 0 N–H and O–H groups in total. The molecule has 0 aromatic heterocycles. The Hall–Kier alpha value is -2.04. The molecule has 0 aliphatic carbocycles. The smallest absolute Gasteiger partial charge is 0.410 e. The van der Waals surface area contributed by atoms with Gasteiger partial charge in [0.1, 0.15) is 11.7 Å². The number of ether oxygens (including phenoxy) is 2. The van der Waals surface area contributed by atoms with E-state index >= 15 is 0 Å². The Morgan fingerprint density at radius 2 is 1.83 bits per heavy atom. The Labute approximate surface area is 137 Å². The van der Waals surface area contributed by atoms with E-state index in [4.69, 9.17) is 9.47 Å². The molecule has 0 unspecified atom stereocenters. The highest BCUT2D eigenvalue weighted by Crippen LogP contribution is 2.23. The van der Waals surface area contributed by atoms with Gasteiger partial charge in [-0.2, -0.15) is 0 Å². The van der Waals surface area contributed by atoms with Gasteiger partial charge >= 0.3 is 12.1 Å². The molecule has 1 amide bonds. The third kappa shape index (κ3) is 4.98. The highest BCUT2D eigenvalue weighted by molar-refractivity contribution is 5.89. The minimum absolute atomic E-state index is 0.0731. The van der Waals surface area contributed by atoms with Crippen LogP contribution in [0, 0.1) is 5.92 Å². The number of amides is 1. The van der Waals surface area contributed by atoms with Crippen LogP contribution in [-0.4, -0.2) is 41.8 Å². The number of rotatable bonds is 2. The number of piperidine rings is 1. The molecule has 5 heteroatoms. The fraction of sp³-hybridized carbons (Fsp3) is 0.556. The molecule has 0 saturated carbocycles. The van der Waals surface area contributed by atoms with Crippen molar-refractivity contribution in [2.45, 2.75) is 45.8 Å². The van der Waals surface area contributed by atoms with Crippen LogP contribution in [0.3, 0.4) is 0 Å². The zero-order valence-corrected chi connectivity index (χ0v) is 14.2. The molecule has 1 fully saturated rings. The van der Waals surface area contributed by atoms with E-state index in [0.717, 1.165) is 0 Å². The third-order valence-electron chi connectivity index (χ3n) is 3.75. The number of hydrogen-bond donors (Lipinski definition) is 0. The summed E-state index contributed by atoms with van der Waals surface area (Å²) in [7, 11) is 0. The Kier molecular flexibility index (Phi) is 5.29. The van der Waals surface area contributed by atoms with Crippen molar-refractivity contribution in [3.8, 4) is 0 Å². The van der Waals surface area contributed by atoms with Crippen LogP contribution in [-0.2, 0) is 9.47 Å². The summed E-state index contributed by atoms with van der Waals surface area (Å²) >= 11 is 0. The van der Waals surface area contributed by atoms with Crippen LogP contribution in [0.15, 0.2) is 30.3 Å². The molecule has 2 rings (SSSR count). The summed E-state index contributed by atoms with van der Waals surface area (Å²) in [5.74, 6) is -0.239. The molecule has 23 heavy (non-hydrogen) atoms. The molecule has 1 aromatic rings. The molecule has 1 aliphatic heterocycles. The SMILES string of the molecule is C[C@H]1CN(C(=O)OC(C)(C)C)CC[C@H]1OC(=O)c1ccccc1. The fourth-order valence-electron chi connectivity index (χ4n) is 2.57. The monoisotopic (exact) mass is 319 g/mol. The minimum Gasteiger partial charge on any atom is -0.458 e. The van der Waals surface area contributed by atoms with Crippen LogP contribution in [0.25, 0.3) is 0 Å². The highest BCUT2D eigenvalue weighted by Gasteiger charge is 2.33. The summed E-state index contributed by atoms with van der Waals surface area (Å²) in [6.07, 6.45) is 0.137. The maximum Gasteiger partial charge on any atom is 0.410 e. The minimum atomic E-state index is -0.503. The topological polar surface area (TPSA) is 55.8 Å². The van der Waals surface area contributed by atoms with Gasteiger partial charge in [-0.05, 0) is 32.9 Å². The van der Waals surface area contributed by atoms with Crippen molar-refractivity contribution >= 4 is 12.1 Å². The maximum atomic E-state index is 12.1. The standard InChI is InChI=1S/C18H25NO4/c1-13-12-19(17(21)23-18(2,3)4)11-10-15(13)22-16(20)14-8-6-5-7-9-14/h5-9,13,15H,10-12H2,1-4H3/t13-,15+/m0/s1. The van der Waals surface area contributed by atoms with E-state index in [1.165, 1.54) is 0 Å². The fourth-order valence-corrected chi connectivity index (χ4v) is 2.57. The van der Waals surface area contributed by atoms with E-state index in [-0.39, 0.29) is 24.1 Å². The molecule has 0 spiro atoms. The van der Waals surface area contributed by atoms with E-state index < -0.39 is 5.60 Å². The van der Waals surface area contributed by atoms with Gasteiger partial charge in [0.05, 0.1) is 5.56 Å². The second kappa shape index (κ2) is 7.02. The van der Waals surface area contributed by atoms with Crippen LogP contribution in [0.4, 0.5) is 4.79 Å². The van der Waals surface area contributed by atoms with Crippen LogP contribution >= 0.6 is 0 Å². The van der Waals surface area contributed by atoms with Gasteiger partial charge in [-0.15, -0.1) is 0 Å². The van der Waals surface area contributed by atoms with E-state index in [9.17, 15) is 9.59 Å². The molecule has 126 valence electrons.